The van der Waals surface area contributed by atoms with Crippen molar-refractivity contribution in [3.63, 3.8) is 0 Å². The smallest absolute Gasteiger partial charge is 0.0964 e. The van der Waals surface area contributed by atoms with Gasteiger partial charge < -0.3 is 5.11 Å². The summed E-state index contributed by atoms with van der Waals surface area (Å²) in [4.78, 5) is 0. The van der Waals surface area contributed by atoms with Crippen molar-refractivity contribution in [2.75, 3.05) is 6.61 Å². The largest absolute Gasteiger partial charge is 0.396 e. The van der Waals surface area contributed by atoms with Crippen LogP contribution >= 0.6 is 11.3 Å². The minimum absolute atomic E-state index is 0.187. The van der Waals surface area contributed by atoms with Gasteiger partial charge in [-0.3, -0.25) is 4.68 Å². The monoisotopic (exact) mass is 248 g/mol. The average molecular weight is 248 g/mol. The van der Waals surface area contributed by atoms with Gasteiger partial charge in [-0.25, -0.2) is 0 Å². The molecule has 17 heavy (non-hydrogen) atoms. The Morgan fingerprint density at radius 2 is 2.35 bits per heavy atom. The van der Waals surface area contributed by atoms with Crippen molar-refractivity contribution in [2.45, 2.75) is 25.8 Å². The van der Waals surface area contributed by atoms with E-state index in [0.717, 1.165) is 23.7 Å². The minimum atomic E-state index is 0.187. The molecular weight excluding hydrogens is 232 g/mol. The van der Waals surface area contributed by atoms with Crippen LogP contribution in [-0.4, -0.2) is 21.5 Å². The number of aromatic nitrogens is 2. The Balaban J connectivity index is 1.90. The Kier molecular flexibility index (Phi) is 2.99. The van der Waals surface area contributed by atoms with Crippen molar-refractivity contribution in [3.05, 3.63) is 28.6 Å². The molecule has 1 aliphatic rings. The average Bonchev–Trinajstić information content (AvgIpc) is 2.82. The normalized spacial score (nSPS) is 15.4. The zero-order valence-electron chi connectivity index (χ0n) is 9.67. The SMILES string of the molecule is OCCc1cn(CC2CC2)nc1-c1ccsc1. The van der Waals surface area contributed by atoms with Crippen molar-refractivity contribution >= 4 is 11.3 Å². The van der Waals surface area contributed by atoms with Gasteiger partial charge >= 0.3 is 0 Å². The van der Waals surface area contributed by atoms with E-state index < -0.39 is 0 Å². The Morgan fingerprint density at radius 1 is 1.47 bits per heavy atom. The predicted molar refractivity (Wildman–Crippen MR) is 69.1 cm³/mol. The molecular formula is C13H16N2OS. The Labute approximate surface area is 105 Å². The lowest BCUT2D eigenvalue weighted by atomic mass is 10.1. The summed E-state index contributed by atoms with van der Waals surface area (Å²) in [6.07, 6.45) is 5.46. The highest BCUT2D eigenvalue weighted by atomic mass is 32.1. The first-order chi connectivity index (χ1) is 8.36. The maximum atomic E-state index is 9.11. The van der Waals surface area contributed by atoms with Gasteiger partial charge in [0.05, 0.1) is 5.69 Å². The van der Waals surface area contributed by atoms with Crippen LogP contribution in [0.1, 0.15) is 18.4 Å². The van der Waals surface area contributed by atoms with Crippen molar-refractivity contribution in [2.24, 2.45) is 5.92 Å². The van der Waals surface area contributed by atoms with E-state index in [0.29, 0.717) is 6.42 Å². The molecule has 0 bridgehead atoms. The third-order valence-corrected chi connectivity index (χ3v) is 3.84. The molecule has 2 aromatic heterocycles. The molecule has 2 heterocycles. The van der Waals surface area contributed by atoms with Gasteiger partial charge in [-0.2, -0.15) is 16.4 Å². The molecule has 4 heteroatoms. The Bertz CT molecular complexity index is 485. The fourth-order valence-electron chi connectivity index (χ4n) is 2.07. The molecule has 1 N–H and O–H groups in total. The highest BCUT2D eigenvalue weighted by Crippen LogP contribution is 2.31. The van der Waals surface area contributed by atoms with Crippen LogP contribution < -0.4 is 0 Å². The molecule has 1 fully saturated rings. The van der Waals surface area contributed by atoms with Crippen LogP contribution in [0, 0.1) is 5.92 Å². The topological polar surface area (TPSA) is 38.0 Å². The van der Waals surface area contributed by atoms with Crippen LogP contribution in [0.25, 0.3) is 11.3 Å². The summed E-state index contributed by atoms with van der Waals surface area (Å²) in [5.74, 6) is 0.826. The first-order valence-electron chi connectivity index (χ1n) is 6.06. The van der Waals surface area contributed by atoms with Crippen LogP contribution in [0.3, 0.4) is 0 Å². The summed E-state index contributed by atoms with van der Waals surface area (Å²) in [5, 5.41) is 18.0. The second kappa shape index (κ2) is 4.63. The van der Waals surface area contributed by atoms with Crippen LogP contribution in [0.5, 0.6) is 0 Å². The summed E-state index contributed by atoms with van der Waals surface area (Å²) in [6.45, 7) is 1.22. The third kappa shape index (κ3) is 2.42. The number of thiophene rings is 1. The van der Waals surface area contributed by atoms with Crippen molar-refractivity contribution in [1.82, 2.24) is 9.78 Å². The first-order valence-corrected chi connectivity index (χ1v) is 7.01. The van der Waals surface area contributed by atoms with E-state index in [1.54, 1.807) is 11.3 Å². The molecule has 0 amide bonds. The van der Waals surface area contributed by atoms with Crippen LogP contribution in [-0.2, 0) is 13.0 Å². The number of rotatable bonds is 5. The zero-order chi connectivity index (χ0) is 11.7. The zero-order valence-corrected chi connectivity index (χ0v) is 10.5. The van der Waals surface area contributed by atoms with Crippen LogP contribution in [0.2, 0.25) is 0 Å². The van der Waals surface area contributed by atoms with Gasteiger partial charge in [0.2, 0.25) is 0 Å². The molecule has 0 aliphatic heterocycles. The lowest BCUT2D eigenvalue weighted by Crippen LogP contribution is -1.99. The predicted octanol–water partition coefficient (Wildman–Crippen LogP) is 2.56. The molecule has 0 atom stereocenters. The van der Waals surface area contributed by atoms with E-state index in [-0.39, 0.29) is 6.61 Å². The molecule has 2 aromatic rings. The number of hydrogen-bond donors (Lipinski definition) is 1. The first kappa shape index (κ1) is 11.0. The van der Waals surface area contributed by atoms with E-state index in [2.05, 4.69) is 32.8 Å². The second-order valence-corrected chi connectivity index (χ2v) is 5.43. The summed E-state index contributed by atoms with van der Waals surface area (Å²) >= 11 is 1.68. The van der Waals surface area contributed by atoms with Crippen molar-refractivity contribution in [1.29, 1.82) is 0 Å². The molecule has 0 saturated heterocycles. The molecule has 0 unspecified atom stereocenters. The standard InChI is InChI=1S/C13H16N2OS/c16-5-3-11-8-15(7-10-1-2-10)14-13(11)12-4-6-17-9-12/h4,6,8-10,16H,1-3,5,7H2. The van der Waals surface area contributed by atoms with Crippen LogP contribution in [0.15, 0.2) is 23.0 Å². The van der Waals surface area contributed by atoms with Gasteiger partial charge in [0.15, 0.2) is 0 Å². The molecule has 3 nitrogen and oxygen atoms in total. The second-order valence-electron chi connectivity index (χ2n) is 4.65. The van der Waals surface area contributed by atoms with E-state index in [1.807, 2.05) is 0 Å². The summed E-state index contributed by atoms with van der Waals surface area (Å²) in [7, 11) is 0. The van der Waals surface area contributed by atoms with Gasteiger partial charge in [-0.1, -0.05) is 0 Å². The number of nitrogens with zero attached hydrogens (tertiary/aromatic N) is 2. The number of aliphatic hydroxyl groups is 1. The maximum absolute atomic E-state index is 9.11. The lowest BCUT2D eigenvalue weighted by Gasteiger charge is -1.97. The van der Waals surface area contributed by atoms with E-state index in [1.165, 1.54) is 18.4 Å². The molecule has 1 saturated carbocycles. The number of aliphatic hydroxyl groups excluding tert-OH is 1. The highest BCUT2D eigenvalue weighted by molar-refractivity contribution is 7.08. The molecule has 3 rings (SSSR count). The van der Waals surface area contributed by atoms with Crippen molar-refractivity contribution < 1.29 is 5.11 Å². The number of hydrogen-bond acceptors (Lipinski definition) is 3. The van der Waals surface area contributed by atoms with E-state index >= 15 is 0 Å². The molecule has 0 aromatic carbocycles. The molecule has 90 valence electrons. The van der Waals surface area contributed by atoms with Gasteiger partial charge in [-0.05, 0) is 36.6 Å². The summed E-state index contributed by atoms with van der Waals surface area (Å²) in [6, 6.07) is 2.09. The summed E-state index contributed by atoms with van der Waals surface area (Å²) < 4.78 is 2.05. The molecule has 0 spiro atoms. The summed E-state index contributed by atoms with van der Waals surface area (Å²) in [5.41, 5.74) is 3.38. The maximum Gasteiger partial charge on any atom is 0.0964 e. The van der Waals surface area contributed by atoms with Gasteiger partial charge in [0.25, 0.3) is 0 Å². The van der Waals surface area contributed by atoms with Gasteiger partial charge in [0.1, 0.15) is 0 Å². The Morgan fingerprint density at radius 3 is 3.00 bits per heavy atom. The highest BCUT2D eigenvalue weighted by Gasteiger charge is 2.23. The van der Waals surface area contributed by atoms with Crippen molar-refractivity contribution in [3.8, 4) is 11.3 Å². The fraction of sp³-hybridized carbons (Fsp3) is 0.462. The van der Waals surface area contributed by atoms with Gasteiger partial charge in [-0.15, -0.1) is 0 Å². The molecule has 1 aliphatic carbocycles. The fourth-order valence-corrected chi connectivity index (χ4v) is 2.71. The quantitative estimate of drug-likeness (QED) is 0.883. The third-order valence-electron chi connectivity index (χ3n) is 3.16. The Hall–Kier alpha value is -1.13. The van der Waals surface area contributed by atoms with E-state index in [9.17, 15) is 0 Å². The van der Waals surface area contributed by atoms with E-state index in [4.69, 9.17) is 5.11 Å². The molecule has 0 radical (unpaired) electrons. The van der Waals surface area contributed by atoms with Gasteiger partial charge in [0, 0.05) is 35.9 Å². The van der Waals surface area contributed by atoms with Crippen LogP contribution in [0.4, 0.5) is 0 Å². The minimum Gasteiger partial charge on any atom is -0.396 e. The lowest BCUT2D eigenvalue weighted by molar-refractivity contribution is 0.299.